The molecule has 1 heterocycles. The molecule has 0 spiro atoms. The van der Waals surface area contributed by atoms with Crippen LogP contribution in [0.1, 0.15) is 0 Å². The van der Waals surface area contributed by atoms with Crippen LogP contribution in [-0.4, -0.2) is 20.1 Å². The number of nitrogens with zero attached hydrogens (tertiary/aromatic N) is 1. The molecule has 0 aliphatic carbocycles. The molecule has 0 radical (unpaired) electrons. The van der Waals surface area contributed by atoms with Crippen LogP contribution >= 0.6 is 11.6 Å². The third-order valence-electron chi connectivity index (χ3n) is 1.80. The lowest BCUT2D eigenvalue weighted by Crippen LogP contribution is -2.22. The third-order valence-corrected chi connectivity index (χ3v) is 3.43. The minimum absolute atomic E-state index is 0.0492. The summed E-state index contributed by atoms with van der Waals surface area (Å²) >= 11 is 5.52. The Morgan fingerprint density at radius 1 is 1.36 bits per heavy atom. The summed E-state index contributed by atoms with van der Waals surface area (Å²) in [5, 5.41) is 2.84. The average Bonchev–Trinajstić information content (AvgIpc) is 2.17. The summed E-state index contributed by atoms with van der Waals surface area (Å²) in [6.07, 6.45) is 0. The number of hydrogen-bond acceptors (Lipinski definition) is 3. The Kier molecular flexibility index (Phi) is 2.20. The molecule has 1 aromatic rings. The SMILES string of the molecule is O=S1(=O)N=C(CCl)Nc2ccccc21. The zero-order chi connectivity index (χ0) is 10.2. The van der Waals surface area contributed by atoms with E-state index in [9.17, 15) is 8.42 Å². The zero-order valence-electron chi connectivity index (χ0n) is 7.07. The minimum atomic E-state index is -3.56. The molecule has 74 valence electrons. The molecule has 0 saturated carbocycles. The second-order valence-electron chi connectivity index (χ2n) is 2.77. The van der Waals surface area contributed by atoms with Gasteiger partial charge in [0.2, 0.25) is 0 Å². The van der Waals surface area contributed by atoms with Gasteiger partial charge in [-0.2, -0.15) is 8.42 Å². The second kappa shape index (κ2) is 3.25. The van der Waals surface area contributed by atoms with E-state index < -0.39 is 10.0 Å². The molecule has 0 atom stereocenters. The van der Waals surface area contributed by atoms with Crippen LogP contribution in [0.2, 0.25) is 0 Å². The minimum Gasteiger partial charge on any atom is -0.341 e. The number of amidine groups is 1. The molecule has 1 N–H and O–H groups in total. The highest BCUT2D eigenvalue weighted by Gasteiger charge is 2.23. The monoisotopic (exact) mass is 230 g/mol. The maximum absolute atomic E-state index is 11.6. The molecule has 0 saturated heterocycles. The molecule has 2 rings (SSSR count). The topological polar surface area (TPSA) is 58.5 Å². The highest BCUT2D eigenvalue weighted by Crippen LogP contribution is 2.26. The van der Waals surface area contributed by atoms with E-state index in [-0.39, 0.29) is 16.6 Å². The fraction of sp³-hybridized carbons (Fsp3) is 0.125. The number of nitrogens with one attached hydrogen (secondary N) is 1. The smallest absolute Gasteiger partial charge is 0.286 e. The van der Waals surface area contributed by atoms with Crippen molar-refractivity contribution in [3.05, 3.63) is 24.3 Å². The number of para-hydroxylation sites is 1. The Balaban J connectivity index is 2.63. The summed E-state index contributed by atoms with van der Waals surface area (Å²) in [7, 11) is -3.56. The number of rotatable bonds is 1. The molecule has 0 bridgehead atoms. The lowest BCUT2D eigenvalue weighted by atomic mass is 10.3. The van der Waals surface area contributed by atoms with E-state index in [0.29, 0.717) is 5.69 Å². The van der Waals surface area contributed by atoms with Gasteiger partial charge in [-0.25, -0.2) is 0 Å². The highest BCUT2D eigenvalue weighted by molar-refractivity contribution is 7.90. The molecule has 0 amide bonds. The summed E-state index contributed by atoms with van der Waals surface area (Å²) in [6.45, 7) is 0. The Morgan fingerprint density at radius 2 is 2.07 bits per heavy atom. The number of alkyl halides is 1. The molecular formula is C8H7ClN2O2S. The zero-order valence-corrected chi connectivity index (χ0v) is 8.64. The van der Waals surface area contributed by atoms with Crippen LogP contribution < -0.4 is 5.32 Å². The van der Waals surface area contributed by atoms with Crippen LogP contribution in [0, 0.1) is 0 Å². The van der Waals surface area contributed by atoms with Gasteiger partial charge >= 0.3 is 0 Å². The van der Waals surface area contributed by atoms with Crippen LogP contribution in [0.4, 0.5) is 5.69 Å². The predicted octanol–water partition coefficient (Wildman–Crippen LogP) is 1.44. The number of anilines is 1. The molecule has 0 aromatic heterocycles. The fourth-order valence-corrected chi connectivity index (χ4v) is 2.57. The summed E-state index contributed by atoms with van der Waals surface area (Å²) in [6, 6.07) is 6.58. The Morgan fingerprint density at radius 3 is 2.79 bits per heavy atom. The third kappa shape index (κ3) is 1.49. The molecule has 14 heavy (non-hydrogen) atoms. The first-order chi connectivity index (χ1) is 6.63. The van der Waals surface area contributed by atoms with Crippen molar-refractivity contribution in [2.24, 2.45) is 4.40 Å². The first-order valence-corrected chi connectivity index (χ1v) is 5.87. The van der Waals surface area contributed by atoms with Gasteiger partial charge in [0.05, 0.1) is 11.6 Å². The number of hydrogen-bond donors (Lipinski definition) is 1. The average molecular weight is 231 g/mol. The van der Waals surface area contributed by atoms with Crippen LogP contribution in [0.15, 0.2) is 33.6 Å². The van der Waals surface area contributed by atoms with E-state index in [0.717, 1.165) is 0 Å². The summed E-state index contributed by atoms with van der Waals surface area (Å²) in [4.78, 5) is 0.189. The van der Waals surface area contributed by atoms with Crippen molar-refractivity contribution < 1.29 is 8.42 Å². The van der Waals surface area contributed by atoms with Crippen LogP contribution in [0.5, 0.6) is 0 Å². The van der Waals surface area contributed by atoms with Gasteiger partial charge < -0.3 is 5.32 Å². The van der Waals surface area contributed by atoms with E-state index in [1.54, 1.807) is 18.2 Å². The molecule has 4 nitrogen and oxygen atoms in total. The Labute approximate surface area is 86.7 Å². The normalized spacial score (nSPS) is 17.9. The summed E-state index contributed by atoms with van der Waals surface area (Å²) < 4.78 is 26.6. The first kappa shape index (κ1) is 9.48. The van der Waals surface area contributed by atoms with E-state index >= 15 is 0 Å². The Hall–Kier alpha value is -1.07. The largest absolute Gasteiger partial charge is 0.341 e. The van der Waals surface area contributed by atoms with Crippen molar-refractivity contribution in [1.82, 2.24) is 0 Å². The molecule has 1 aliphatic rings. The van der Waals surface area contributed by atoms with Crippen molar-refractivity contribution in [3.8, 4) is 0 Å². The van der Waals surface area contributed by atoms with Gasteiger partial charge in [0, 0.05) is 0 Å². The van der Waals surface area contributed by atoms with Crippen LogP contribution in [0.3, 0.4) is 0 Å². The van der Waals surface area contributed by atoms with Crippen LogP contribution in [-0.2, 0) is 10.0 Å². The van der Waals surface area contributed by atoms with E-state index in [2.05, 4.69) is 9.71 Å². The predicted molar refractivity (Wildman–Crippen MR) is 55.4 cm³/mol. The standard InChI is InChI=1S/C8H7ClN2O2S/c9-5-8-10-6-3-1-2-4-7(6)14(12,13)11-8/h1-4H,5H2,(H,10,11). The number of sulfonamides is 1. The number of fused-ring (bicyclic) bond motifs is 1. The van der Waals surface area contributed by atoms with E-state index in [4.69, 9.17) is 11.6 Å². The molecule has 0 fully saturated rings. The first-order valence-electron chi connectivity index (χ1n) is 3.89. The maximum Gasteiger partial charge on any atom is 0.286 e. The van der Waals surface area contributed by atoms with E-state index in [1.807, 2.05) is 0 Å². The lowest BCUT2D eigenvalue weighted by molar-refractivity contribution is 0.598. The second-order valence-corrected chi connectivity index (χ2v) is 4.61. The van der Waals surface area contributed by atoms with Crippen molar-refractivity contribution in [2.75, 3.05) is 11.2 Å². The summed E-state index contributed by atoms with van der Waals surface area (Å²) in [5.74, 6) is 0.304. The van der Waals surface area contributed by atoms with Crippen LogP contribution in [0.25, 0.3) is 0 Å². The van der Waals surface area contributed by atoms with Crippen molar-refractivity contribution in [1.29, 1.82) is 0 Å². The van der Waals surface area contributed by atoms with E-state index in [1.165, 1.54) is 6.07 Å². The Bertz CT molecular complexity index is 496. The molecule has 1 aliphatic heterocycles. The van der Waals surface area contributed by atoms with Gasteiger partial charge in [-0.05, 0) is 12.1 Å². The van der Waals surface area contributed by atoms with Gasteiger partial charge in [-0.15, -0.1) is 16.0 Å². The van der Waals surface area contributed by atoms with Crippen molar-refractivity contribution >= 4 is 33.1 Å². The van der Waals surface area contributed by atoms with Gasteiger partial charge in [0.25, 0.3) is 10.0 Å². The molecule has 6 heteroatoms. The maximum atomic E-state index is 11.6. The van der Waals surface area contributed by atoms with Crippen molar-refractivity contribution in [3.63, 3.8) is 0 Å². The van der Waals surface area contributed by atoms with Gasteiger partial charge in [0.1, 0.15) is 10.7 Å². The lowest BCUT2D eigenvalue weighted by Gasteiger charge is -2.15. The number of benzene rings is 1. The quantitative estimate of drug-likeness (QED) is 0.743. The summed E-state index contributed by atoms with van der Waals surface area (Å²) in [5.41, 5.74) is 0.526. The molecule has 0 unspecified atom stereocenters. The van der Waals surface area contributed by atoms with Gasteiger partial charge in [0.15, 0.2) is 0 Å². The van der Waals surface area contributed by atoms with Crippen molar-refractivity contribution in [2.45, 2.75) is 4.90 Å². The molecule has 1 aromatic carbocycles. The fourth-order valence-electron chi connectivity index (χ4n) is 1.23. The van der Waals surface area contributed by atoms with Gasteiger partial charge in [-0.3, -0.25) is 0 Å². The highest BCUT2D eigenvalue weighted by atomic mass is 35.5. The van der Waals surface area contributed by atoms with Gasteiger partial charge in [-0.1, -0.05) is 12.1 Å². The number of halogens is 1. The molecular weight excluding hydrogens is 224 g/mol.